The number of hydrogen-bond acceptors (Lipinski definition) is 10. The van der Waals surface area contributed by atoms with Crippen molar-refractivity contribution in [2.45, 2.75) is 62.7 Å². The third-order valence-electron chi connectivity index (χ3n) is 9.23. The molecule has 0 aliphatic carbocycles. The molecule has 2 aromatic carbocycles. The van der Waals surface area contributed by atoms with Crippen LogP contribution in [0.3, 0.4) is 0 Å². The molecule has 58 heavy (non-hydrogen) atoms. The van der Waals surface area contributed by atoms with Crippen molar-refractivity contribution in [1.29, 1.82) is 0 Å². The number of fused-ring (bicyclic) bond motifs is 1. The molecule has 1 unspecified atom stereocenters. The van der Waals surface area contributed by atoms with Gasteiger partial charge in [0.05, 0.1) is 12.9 Å². The van der Waals surface area contributed by atoms with E-state index in [1.165, 1.54) is 12.5 Å². The number of aliphatic imine (C=N–C) groups is 1. The van der Waals surface area contributed by atoms with Gasteiger partial charge in [0.25, 0.3) is 0 Å². The lowest BCUT2D eigenvalue weighted by atomic mass is 10.0. The van der Waals surface area contributed by atoms with Gasteiger partial charge in [-0.05, 0) is 35.9 Å². The van der Waals surface area contributed by atoms with E-state index in [4.69, 9.17) is 11.5 Å². The van der Waals surface area contributed by atoms with Crippen molar-refractivity contribution in [2.75, 3.05) is 31.9 Å². The highest BCUT2D eigenvalue weighted by Crippen LogP contribution is 2.16. The standard InChI is InChI=1S/C39H50N12O6S/c40-39(41)45-13-6-11-29-36(55)51-31(19-26-18-25-9-4-5-10-28(25)47-26)35(54)44-15-14-42-22-34(53)58-16-12-33(52)48-32(20-27-21-43-23-46-27)38(57)50-30(37(56)49-29)17-24-7-2-1-3-8-24/h1-5,7-10,18,21,23,29-32,42,47H,6,11-17,19-20,22H2,(H,43,46)(H,44,54)(H,48,52)(H,49,56)(H,50,57)(H,51,55)(H4,40,41,45)/t29-,30?,31-,32-/m0/s1. The number of para-hydroxylation sites is 1. The zero-order valence-corrected chi connectivity index (χ0v) is 32.7. The van der Waals surface area contributed by atoms with E-state index in [0.717, 1.165) is 28.2 Å². The van der Waals surface area contributed by atoms with Crippen molar-refractivity contribution >= 4 is 63.3 Å². The molecule has 4 aromatic rings. The summed E-state index contributed by atoms with van der Waals surface area (Å²) in [6.45, 7) is 0.554. The van der Waals surface area contributed by atoms with Crippen molar-refractivity contribution in [1.82, 2.24) is 46.9 Å². The summed E-state index contributed by atoms with van der Waals surface area (Å²) in [5.74, 6) is -2.90. The number of benzene rings is 2. The molecule has 1 aliphatic rings. The van der Waals surface area contributed by atoms with E-state index in [9.17, 15) is 28.8 Å². The molecule has 5 rings (SSSR count). The molecular weight excluding hydrogens is 765 g/mol. The van der Waals surface area contributed by atoms with Crippen LogP contribution < -0.4 is 43.4 Å². The Balaban J connectivity index is 1.45. The fraction of sp³-hybridized carbons (Fsp3) is 0.385. The van der Waals surface area contributed by atoms with Crippen LogP contribution in [0.1, 0.15) is 36.2 Å². The molecule has 1 aliphatic heterocycles. The zero-order valence-electron chi connectivity index (χ0n) is 31.9. The van der Waals surface area contributed by atoms with Crippen LogP contribution in [0.2, 0.25) is 0 Å². The van der Waals surface area contributed by atoms with Crippen LogP contribution in [-0.2, 0) is 48.0 Å². The van der Waals surface area contributed by atoms with Crippen LogP contribution in [0.25, 0.3) is 10.9 Å². The number of hydrogen-bond donors (Lipinski definition) is 10. The first kappa shape index (κ1) is 42.9. The fourth-order valence-electron chi connectivity index (χ4n) is 6.31. The molecule has 0 radical (unpaired) electrons. The fourth-order valence-corrected chi connectivity index (χ4v) is 7.03. The second kappa shape index (κ2) is 21.9. The Morgan fingerprint density at radius 1 is 0.759 bits per heavy atom. The number of aromatic nitrogens is 3. The SMILES string of the molecule is NC(N)=NCCC[C@@H]1NC(=O)C(Cc2ccccc2)NC(=O)[C@H](Cc2cnc[nH]2)NC(=O)CCSC(=O)CNCCNC(=O)[C@H](Cc2cc3ccccc3[nH]2)NC1=O. The highest BCUT2D eigenvalue weighted by atomic mass is 32.2. The number of aromatic amines is 2. The van der Waals surface area contributed by atoms with Gasteiger partial charge in [0.1, 0.15) is 24.2 Å². The first-order valence-electron chi connectivity index (χ1n) is 19.0. The van der Waals surface area contributed by atoms with Crippen LogP contribution in [0.5, 0.6) is 0 Å². The largest absolute Gasteiger partial charge is 0.370 e. The second-order valence-electron chi connectivity index (χ2n) is 13.7. The summed E-state index contributed by atoms with van der Waals surface area (Å²) in [4.78, 5) is 96.0. The van der Waals surface area contributed by atoms with Gasteiger partial charge in [0.15, 0.2) is 5.96 Å². The second-order valence-corrected chi connectivity index (χ2v) is 14.9. The molecule has 0 spiro atoms. The van der Waals surface area contributed by atoms with Gasteiger partial charge in [0, 0.05) is 74.2 Å². The quantitative estimate of drug-likeness (QED) is 0.0542. The summed E-state index contributed by atoms with van der Waals surface area (Å²) >= 11 is 0.967. The Kier molecular flexibility index (Phi) is 16.2. The Morgan fingerprint density at radius 2 is 1.43 bits per heavy atom. The first-order chi connectivity index (χ1) is 28.0. The number of carbonyl (C=O) groups excluding carboxylic acids is 6. The van der Waals surface area contributed by atoms with Crippen molar-refractivity contribution in [3.8, 4) is 0 Å². The summed E-state index contributed by atoms with van der Waals surface area (Å²) < 4.78 is 0. The maximum absolute atomic E-state index is 14.3. The number of thioether (sulfide) groups is 1. The van der Waals surface area contributed by atoms with Crippen molar-refractivity contribution < 1.29 is 28.8 Å². The van der Waals surface area contributed by atoms with Crippen molar-refractivity contribution in [3.63, 3.8) is 0 Å². The molecule has 0 bridgehead atoms. The van der Waals surface area contributed by atoms with Crippen molar-refractivity contribution in [2.24, 2.45) is 16.5 Å². The molecule has 2 aromatic heterocycles. The average Bonchev–Trinajstić information content (AvgIpc) is 3.87. The number of nitrogens with one attached hydrogen (secondary N) is 8. The predicted molar refractivity (Wildman–Crippen MR) is 220 cm³/mol. The molecule has 12 N–H and O–H groups in total. The monoisotopic (exact) mass is 814 g/mol. The molecule has 5 amide bonds. The highest BCUT2D eigenvalue weighted by Gasteiger charge is 2.32. The molecule has 19 heteroatoms. The minimum absolute atomic E-state index is 0.00767. The topological polar surface area (TPSA) is 283 Å². The summed E-state index contributed by atoms with van der Waals surface area (Å²) in [6.07, 6.45) is 3.45. The van der Waals surface area contributed by atoms with Crippen LogP contribution in [0.4, 0.5) is 0 Å². The zero-order chi connectivity index (χ0) is 41.3. The average molecular weight is 815 g/mol. The minimum atomic E-state index is -1.20. The van der Waals surface area contributed by atoms with E-state index in [1.807, 2.05) is 36.4 Å². The van der Waals surface area contributed by atoms with Gasteiger partial charge in [-0.15, -0.1) is 0 Å². The molecule has 1 fully saturated rings. The lowest BCUT2D eigenvalue weighted by molar-refractivity contribution is -0.134. The predicted octanol–water partition coefficient (Wildman–Crippen LogP) is -0.719. The minimum Gasteiger partial charge on any atom is -0.370 e. The Morgan fingerprint density at radius 3 is 2.16 bits per heavy atom. The molecule has 4 atom stereocenters. The van der Waals surface area contributed by atoms with Crippen LogP contribution in [-0.4, -0.2) is 112 Å². The van der Waals surface area contributed by atoms with E-state index < -0.39 is 53.7 Å². The third-order valence-corrected chi connectivity index (χ3v) is 10.1. The molecule has 308 valence electrons. The number of rotatable bonds is 10. The van der Waals surface area contributed by atoms with Gasteiger partial charge in [-0.1, -0.05) is 60.3 Å². The normalized spacial score (nSPS) is 21.0. The van der Waals surface area contributed by atoms with Crippen LogP contribution in [0, 0.1) is 0 Å². The molecule has 3 heterocycles. The first-order valence-corrected chi connectivity index (χ1v) is 20.0. The molecule has 18 nitrogen and oxygen atoms in total. The Labute approximate surface area is 339 Å². The van der Waals surface area contributed by atoms with Crippen LogP contribution in [0.15, 0.2) is 78.2 Å². The summed E-state index contributed by atoms with van der Waals surface area (Å²) in [5.41, 5.74) is 13.9. The number of H-pyrrole nitrogens is 2. The van der Waals surface area contributed by atoms with E-state index >= 15 is 0 Å². The van der Waals surface area contributed by atoms with Gasteiger partial charge >= 0.3 is 0 Å². The van der Waals surface area contributed by atoms with E-state index in [1.54, 1.807) is 24.3 Å². The van der Waals surface area contributed by atoms with E-state index in [0.29, 0.717) is 11.4 Å². The van der Waals surface area contributed by atoms with Gasteiger partial charge in [0.2, 0.25) is 34.7 Å². The van der Waals surface area contributed by atoms with E-state index in [2.05, 4.69) is 51.8 Å². The Bertz CT molecular complexity index is 2000. The van der Waals surface area contributed by atoms with E-state index in [-0.39, 0.29) is 81.5 Å². The third kappa shape index (κ3) is 13.8. The summed E-state index contributed by atoms with van der Waals surface area (Å²) in [6, 6.07) is 13.9. The highest BCUT2D eigenvalue weighted by molar-refractivity contribution is 8.13. The maximum atomic E-state index is 14.3. The Hall–Kier alpha value is -6.21. The number of carbonyl (C=O) groups is 6. The number of imidazole rings is 1. The van der Waals surface area contributed by atoms with Gasteiger partial charge in [-0.3, -0.25) is 33.8 Å². The molecule has 1 saturated heterocycles. The maximum Gasteiger partial charge on any atom is 0.243 e. The van der Waals surface area contributed by atoms with Gasteiger partial charge in [-0.2, -0.15) is 0 Å². The van der Waals surface area contributed by atoms with Gasteiger partial charge in [-0.25, -0.2) is 4.98 Å². The van der Waals surface area contributed by atoms with Gasteiger partial charge < -0.3 is 53.3 Å². The number of guanidine groups is 1. The number of nitrogens with zero attached hydrogens (tertiary/aromatic N) is 2. The molecular formula is C39H50N12O6S. The number of amides is 5. The lowest BCUT2D eigenvalue weighted by Gasteiger charge is -2.27. The lowest BCUT2D eigenvalue weighted by Crippen LogP contribution is -2.59. The number of nitrogens with two attached hydrogens (primary N) is 2. The smallest absolute Gasteiger partial charge is 0.243 e. The van der Waals surface area contributed by atoms with Crippen molar-refractivity contribution in [3.05, 3.63) is 90.1 Å². The molecule has 0 saturated carbocycles. The summed E-state index contributed by atoms with van der Waals surface area (Å²) in [5, 5.41) is 17.7. The summed E-state index contributed by atoms with van der Waals surface area (Å²) in [7, 11) is 0. The van der Waals surface area contributed by atoms with Crippen LogP contribution >= 0.6 is 11.8 Å².